The number of ether oxygens (including phenoxy) is 1. The van der Waals surface area contributed by atoms with Crippen LogP contribution >= 0.6 is 11.3 Å². The highest BCUT2D eigenvalue weighted by atomic mass is 32.3. The SMILES string of the molecule is C[n+]1cc(-c2ccc(OC[C@](C)(O/N=C(\C(=O)N[C@@H]3C(=O)N(OS(=O)(=O)[O-])C3(C)C)c3csc(N)n3)C(=O)O)cc2)ccc1NCCN. The molecule has 0 bridgehead atoms. The van der Waals surface area contributed by atoms with Crippen LogP contribution in [-0.4, -0.2) is 88.5 Å². The van der Waals surface area contributed by atoms with Crippen LogP contribution in [0, 0.1) is 0 Å². The molecule has 258 valence electrons. The van der Waals surface area contributed by atoms with Crippen molar-refractivity contribution in [2.45, 2.75) is 38.0 Å². The Morgan fingerprint density at radius 2 is 1.90 bits per heavy atom. The lowest BCUT2D eigenvalue weighted by Crippen LogP contribution is -2.76. The van der Waals surface area contributed by atoms with Crippen molar-refractivity contribution < 1.29 is 50.9 Å². The summed E-state index contributed by atoms with van der Waals surface area (Å²) in [4.78, 5) is 47.5. The highest BCUT2D eigenvalue weighted by Gasteiger charge is 2.57. The van der Waals surface area contributed by atoms with Crippen molar-refractivity contribution in [3.63, 3.8) is 0 Å². The summed E-state index contributed by atoms with van der Waals surface area (Å²) in [5, 5.41) is 21.1. The Hall–Kier alpha value is -4.89. The molecule has 1 aliphatic rings. The van der Waals surface area contributed by atoms with Crippen molar-refractivity contribution in [1.29, 1.82) is 0 Å². The first kappa shape index (κ1) is 36.0. The van der Waals surface area contributed by atoms with Crippen molar-refractivity contribution in [1.82, 2.24) is 15.4 Å². The van der Waals surface area contributed by atoms with E-state index in [0.29, 0.717) is 23.9 Å². The first-order valence-corrected chi connectivity index (χ1v) is 16.3. The molecule has 4 rings (SSSR count). The van der Waals surface area contributed by atoms with Gasteiger partial charge in [0.15, 0.2) is 10.8 Å². The van der Waals surface area contributed by atoms with Gasteiger partial charge in [-0.05, 0) is 44.5 Å². The lowest BCUT2D eigenvalue weighted by Gasteiger charge is -2.51. The van der Waals surface area contributed by atoms with Gasteiger partial charge in [0, 0.05) is 23.6 Å². The second-order valence-corrected chi connectivity index (χ2v) is 13.1. The minimum Gasteiger partial charge on any atom is -0.724 e. The number of aryl methyl sites for hydroxylation is 1. The van der Waals surface area contributed by atoms with Crippen molar-refractivity contribution in [2.75, 3.05) is 30.7 Å². The van der Waals surface area contributed by atoms with E-state index < -0.39 is 57.7 Å². The molecule has 0 aliphatic carbocycles. The molecule has 0 radical (unpaired) electrons. The monoisotopic (exact) mass is 706 g/mol. The Balaban J connectivity index is 1.48. The van der Waals surface area contributed by atoms with Gasteiger partial charge < -0.3 is 36.0 Å². The number of β-lactam (4-membered cyclic amide) rings is 1. The van der Waals surface area contributed by atoms with Crippen LogP contribution in [0.25, 0.3) is 11.1 Å². The Morgan fingerprint density at radius 3 is 2.44 bits per heavy atom. The zero-order chi connectivity index (χ0) is 35.4. The Labute approximate surface area is 279 Å². The molecular weight excluding hydrogens is 672 g/mol. The number of nitrogens with one attached hydrogen (secondary N) is 2. The number of carbonyl (C=O) groups excluding carboxylic acids is 2. The summed E-state index contributed by atoms with van der Waals surface area (Å²) in [6, 6.07) is 9.40. The van der Waals surface area contributed by atoms with Crippen LogP contribution in [0.15, 0.2) is 53.1 Å². The smallest absolute Gasteiger partial charge is 0.354 e. The van der Waals surface area contributed by atoms with Crippen LogP contribution in [-0.2, 0) is 41.0 Å². The molecule has 1 saturated heterocycles. The van der Waals surface area contributed by atoms with Gasteiger partial charge in [-0.3, -0.25) is 14.9 Å². The van der Waals surface area contributed by atoms with E-state index in [1.165, 1.54) is 26.2 Å². The summed E-state index contributed by atoms with van der Waals surface area (Å²) in [7, 11) is -3.38. The summed E-state index contributed by atoms with van der Waals surface area (Å²) in [6.07, 6.45) is 1.94. The van der Waals surface area contributed by atoms with Crippen LogP contribution in [0.4, 0.5) is 10.9 Å². The number of amides is 2. The average Bonchev–Trinajstić information content (AvgIpc) is 3.46. The van der Waals surface area contributed by atoms with Gasteiger partial charge in [0.05, 0.1) is 25.3 Å². The van der Waals surface area contributed by atoms with Crippen molar-refractivity contribution in [3.05, 3.63) is 53.7 Å². The minimum absolute atomic E-state index is 0.0477. The Bertz CT molecular complexity index is 1830. The van der Waals surface area contributed by atoms with Crippen molar-refractivity contribution in [3.8, 4) is 16.9 Å². The number of carboxylic acid groups (broad SMARTS) is 1. The van der Waals surface area contributed by atoms with E-state index in [1.54, 1.807) is 24.3 Å². The van der Waals surface area contributed by atoms with Crippen LogP contribution in [0.3, 0.4) is 0 Å². The Kier molecular flexibility index (Phi) is 10.5. The first-order valence-electron chi connectivity index (χ1n) is 14.1. The van der Waals surface area contributed by atoms with Gasteiger partial charge in [-0.15, -0.1) is 11.3 Å². The van der Waals surface area contributed by atoms with Crippen molar-refractivity contribution in [2.24, 2.45) is 17.9 Å². The summed E-state index contributed by atoms with van der Waals surface area (Å²) in [6.45, 7) is 4.43. The normalized spacial score (nSPS) is 17.2. The summed E-state index contributed by atoms with van der Waals surface area (Å²) in [5.41, 5.74) is 8.83. The highest BCUT2D eigenvalue weighted by Crippen LogP contribution is 2.33. The lowest BCUT2D eigenvalue weighted by atomic mass is 9.84. The Morgan fingerprint density at radius 1 is 1.23 bits per heavy atom. The third-order valence-electron chi connectivity index (χ3n) is 7.17. The number of aromatic nitrogens is 2. The first-order chi connectivity index (χ1) is 22.4. The highest BCUT2D eigenvalue weighted by molar-refractivity contribution is 7.80. The molecule has 1 aromatic carbocycles. The third-order valence-corrected chi connectivity index (χ3v) is 8.18. The predicted octanol–water partition coefficient (Wildman–Crippen LogP) is -0.272. The standard InChI is InChI=1S/C28H34N8O10S2/c1-27(2)22(24(38)36(27)46-48(41,42)43)33-23(37)21(19-14-47-26(30)32-19)34-45-28(3,25(39)40)15-44-18-8-5-16(6-9-18)17-7-10-20(31-12-11-29)35(4)13-17/h5-10,13-14,22H,11-12,15,29H2,1-4H3,(H5,30,32,33,37,39,40,41,42,43)/b34-21-/t22-,28+/m1/s1. The number of carbonyl (C=O) groups is 3. The number of thiazole rings is 1. The molecule has 2 aromatic heterocycles. The zero-order valence-electron chi connectivity index (χ0n) is 26.2. The number of nitrogens with zero attached hydrogens (tertiary/aromatic N) is 4. The van der Waals surface area contributed by atoms with Gasteiger partial charge in [0.1, 0.15) is 24.1 Å². The maximum Gasteiger partial charge on any atom is 0.354 e. The van der Waals surface area contributed by atoms with E-state index >= 15 is 0 Å². The molecule has 48 heavy (non-hydrogen) atoms. The van der Waals surface area contributed by atoms with Crippen LogP contribution < -0.4 is 31.4 Å². The van der Waals surface area contributed by atoms with Crippen LogP contribution in [0.2, 0.25) is 0 Å². The van der Waals surface area contributed by atoms with Crippen molar-refractivity contribution >= 4 is 56.2 Å². The molecule has 0 saturated carbocycles. The molecule has 1 aliphatic heterocycles. The summed E-state index contributed by atoms with van der Waals surface area (Å²) < 4.78 is 44.9. The van der Waals surface area contributed by atoms with Gasteiger partial charge >= 0.3 is 5.97 Å². The lowest BCUT2D eigenvalue weighted by molar-refractivity contribution is -0.656. The molecule has 2 amide bonds. The fourth-order valence-electron chi connectivity index (χ4n) is 4.42. The maximum atomic E-state index is 13.3. The number of nitrogens with two attached hydrogens (primary N) is 2. The molecule has 18 nitrogen and oxygen atoms in total. The molecule has 2 atom stereocenters. The topological polar surface area (TPSA) is 265 Å². The molecule has 1 fully saturated rings. The molecule has 3 heterocycles. The average molecular weight is 707 g/mol. The van der Waals surface area contributed by atoms with Gasteiger partial charge in [-0.1, -0.05) is 17.3 Å². The fraction of sp³-hybridized carbons (Fsp3) is 0.357. The van der Waals surface area contributed by atoms with E-state index in [-0.39, 0.29) is 10.8 Å². The zero-order valence-corrected chi connectivity index (χ0v) is 27.8. The van der Waals surface area contributed by atoms with E-state index in [1.807, 2.05) is 29.9 Å². The molecule has 0 spiro atoms. The quantitative estimate of drug-likeness (QED) is 0.0340. The molecule has 20 heteroatoms. The molecule has 7 N–H and O–H groups in total. The fourth-order valence-corrected chi connectivity index (χ4v) is 5.41. The van der Waals surface area contributed by atoms with E-state index in [2.05, 4.69) is 25.1 Å². The van der Waals surface area contributed by atoms with E-state index in [9.17, 15) is 32.5 Å². The number of hydrogen-bond acceptors (Lipinski definition) is 15. The number of pyridine rings is 1. The van der Waals surface area contributed by atoms with Gasteiger partial charge in [-0.2, -0.15) is 9.35 Å². The number of carboxylic acids is 1. The van der Waals surface area contributed by atoms with Gasteiger partial charge in [0.25, 0.3) is 23.2 Å². The van der Waals surface area contributed by atoms with Gasteiger partial charge in [0.2, 0.25) is 10.4 Å². The van der Waals surface area contributed by atoms with Crippen LogP contribution in [0.5, 0.6) is 5.75 Å². The number of nitrogen functional groups attached to an aromatic ring is 1. The maximum absolute atomic E-state index is 13.3. The molecule has 3 aromatic rings. The number of aliphatic carboxylic acids is 1. The summed E-state index contributed by atoms with van der Waals surface area (Å²) in [5.74, 6) is -2.33. The number of hydroxylamine groups is 2. The largest absolute Gasteiger partial charge is 0.724 e. The van der Waals surface area contributed by atoms with E-state index in [0.717, 1.165) is 28.3 Å². The van der Waals surface area contributed by atoms with E-state index in [4.69, 9.17) is 21.0 Å². The number of oxime groups is 1. The second-order valence-electron chi connectivity index (χ2n) is 11.3. The molecular formula is C28H34N8O10S2. The molecule has 0 unspecified atom stereocenters. The predicted molar refractivity (Wildman–Crippen MR) is 170 cm³/mol. The minimum atomic E-state index is -5.27. The number of hydrogen-bond donors (Lipinski definition) is 5. The van der Waals surface area contributed by atoms with Crippen LogP contribution in [0.1, 0.15) is 26.5 Å². The number of anilines is 2. The summed E-state index contributed by atoms with van der Waals surface area (Å²) >= 11 is 0.951. The van der Waals surface area contributed by atoms with Gasteiger partial charge in [-0.25, -0.2) is 22.8 Å². The second kappa shape index (κ2) is 14.1. The number of benzene rings is 1. The third kappa shape index (κ3) is 8.15. The number of rotatable bonds is 15.